The monoisotopic (exact) mass is 256 g/mol. The first-order chi connectivity index (χ1) is 9.42. The Morgan fingerprint density at radius 2 is 1.63 bits per heavy atom. The molecule has 2 aromatic rings. The zero-order valence-corrected chi connectivity index (χ0v) is 11.8. The van der Waals surface area contributed by atoms with Crippen molar-refractivity contribution in [3.63, 3.8) is 0 Å². The van der Waals surface area contributed by atoms with Gasteiger partial charge in [0.05, 0.1) is 0 Å². The highest BCUT2D eigenvalue weighted by atomic mass is 14.9. The van der Waals surface area contributed by atoms with Crippen molar-refractivity contribution in [2.45, 2.75) is 26.3 Å². The molecule has 0 aromatic heterocycles. The minimum Gasteiger partial charge on any atom is -0.317 e. The van der Waals surface area contributed by atoms with Gasteiger partial charge in [0, 0.05) is 6.54 Å². The summed E-state index contributed by atoms with van der Waals surface area (Å²) < 4.78 is 0. The van der Waals surface area contributed by atoms with Crippen molar-refractivity contribution in [2.24, 2.45) is 0 Å². The maximum Gasteiger partial charge on any atom is 0.0211 e. The quantitative estimate of drug-likeness (QED) is 0.708. The number of hydrogen-bond acceptors (Lipinski definition) is 2. The van der Waals surface area contributed by atoms with Gasteiger partial charge in [-0.3, -0.25) is 0 Å². The maximum atomic E-state index is 3.53. The number of nitrogens with one attached hydrogen (secondary N) is 2. The van der Waals surface area contributed by atoms with E-state index < -0.39 is 0 Å². The minimum absolute atomic E-state index is 0.954. The van der Waals surface area contributed by atoms with Crippen molar-refractivity contribution in [3.8, 4) is 0 Å². The van der Waals surface area contributed by atoms with Gasteiger partial charge >= 0.3 is 0 Å². The molecule has 2 heteroatoms. The Morgan fingerprint density at radius 3 is 2.53 bits per heavy atom. The van der Waals surface area contributed by atoms with Crippen LogP contribution in [0.1, 0.15) is 25.3 Å². The fraction of sp³-hybridized carbons (Fsp3) is 0.412. The molecular weight excluding hydrogens is 232 g/mol. The predicted molar refractivity (Wildman–Crippen MR) is 83.4 cm³/mol. The summed E-state index contributed by atoms with van der Waals surface area (Å²) in [7, 11) is 0. The van der Waals surface area contributed by atoms with Crippen LogP contribution in [0.3, 0.4) is 0 Å². The summed E-state index contributed by atoms with van der Waals surface area (Å²) >= 11 is 0. The number of fused-ring (bicyclic) bond motifs is 1. The number of rotatable bonds is 8. The second-order valence-corrected chi connectivity index (χ2v) is 4.92. The van der Waals surface area contributed by atoms with Gasteiger partial charge in [-0.1, -0.05) is 49.4 Å². The number of hydrogen-bond donors (Lipinski definition) is 2. The van der Waals surface area contributed by atoms with E-state index in [1.807, 2.05) is 0 Å². The SMILES string of the molecule is CCCNCCCNCc1cccc2ccccc12. The molecular formula is C17H24N2. The second-order valence-electron chi connectivity index (χ2n) is 4.92. The van der Waals surface area contributed by atoms with E-state index >= 15 is 0 Å². The molecule has 0 spiro atoms. The van der Waals surface area contributed by atoms with E-state index in [0.717, 1.165) is 26.2 Å². The third-order valence-electron chi connectivity index (χ3n) is 3.33. The summed E-state index contributed by atoms with van der Waals surface area (Å²) in [5, 5.41) is 9.64. The first-order valence-corrected chi connectivity index (χ1v) is 7.30. The van der Waals surface area contributed by atoms with E-state index in [1.165, 1.54) is 29.2 Å². The molecule has 0 radical (unpaired) electrons. The summed E-state index contributed by atoms with van der Waals surface area (Å²) in [5.74, 6) is 0. The third-order valence-corrected chi connectivity index (χ3v) is 3.33. The highest BCUT2D eigenvalue weighted by molar-refractivity contribution is 5.85. The molecule has 0 saturated heterocycles. The molecule has 0 fully saturated rings. The van der Waals surface area contributed by atoms with Gasteiger partial charge in [0.15, 0.2) is 0 Å². The van der Waals surface area contributed by atoms with Crippen molar-refractivity contribution in [1.29, 1.82) is 0 Å². The zero-order valence-electron chi connectivity index (χ0n) is 11.8. The lowest BCUT2D eigenvalue weighted by atomic mass is 10.0. The van der Waals surface area contributed by atoms with Gasteiger partial charge < -0.3 is 10.6 Å². The van der Waals surface area contributed by atoms with Crippen LogP contribution in [0, 0.1) is 0 Å². The second kappa shape index (κ2) is 7.93. The van der Waals surface area contributed by atoms with Crippen LogP contribution in [0.15, 0.2) is 42.5 Å². The predicted octanol–water partition coefficient (Wildman–Crippen LogP) is 3.32. The van der Waals surface area contributed by atoms with Crippen molar-refractivity contribution in [3.05, 3.63) is 48.0 Å². The van der Waals surface area contributed by atoms with Crippen molar-refractivity contribution >= 4 is 10.8 Å². The molecule has 2 N–H and O–H groups in total. The first-order valence-electron chi connectivity index (χ1n) is 7.30. The van der Waals surface area contributed by atoms with Gasteiger partial charge in [-0.05, 0) is 48.8 Å². The van der Waals surface area contributed by atoms with Crippen LogP contribution < -0.4 is 10.6 Å². The molecule has 0 aliphatic heterocycles. The lowest BCUT2D eigenvalue weighted by molar-refractivity contribution is 0.593. The smallest absolute Gasteiger partial charge is 0.0211 e. The topological polar surface area (TPSA) is 24.1 Å². The molecule has 0 aliphatic carbocycles. The van der Waals surface area contributed by atoms with Crippen LogP contribution in [0.5, 0.6) is 0 Å². The van der Waals surface area contributed by atoms with E-state index in [1.54, 1.807) is 0 Å². The summed E-state index contributed by atoms with van der Waals surface area (Å²) in [4.78, 5) is 0. The lowest BCUT2D eigenvalue weighted by Gasteiger charge is -2.08. The number of benzene rings is 2. The highest BCUT2D eigenvalue weighted by Gasteiger charge is 1.99. The summed E-state index contributed by atoms with van der Waals surface area (Å²) in [5.41, 5.74) is 1.39. The molecule has 0 atom stereocenters. The largest absolute Gasteiger partial charge is 0.317 e. The minimum atomic E-state index is 0.954. The average Bonchev–Trinajstić information content (AvgIpc) is 2.46. The Kier molecular flexibility index (Phi) is 5.86. The maximum absolute atomic E-state index is 3.53. The zero-order chi connectivity index (χ0) is 13.3. The lowest BCUT2D eigenvalue weighted by Crippen LogP contribution is -2.22. The molecule has 2 nitrogen and oxygen atoms in total. The van der Waals surface area contributed by atoms with Gasteiger partial charge in [0.1, 0.15) is 0 Å². The Bertz CT molecular complexity index is 488. The van der Waals surface area contributed by atoms with Gasteiger partial charge in [-0.2, -0.15) is 0 Å². The van der Waals surface area contributed by atoms with Crippen LogP contribution in [0.25, 0.3) is 10.8 Å². The van der Waals surface area contributed by atoms with Gasteiger partial charge in [0.25, 0.3) is 0 Å². The van der Waals surface area contributed by atoms with Gasteiger partial charge in [-0.25, -0.2) is 0 Å². The van der Waals surface area contributed by atoms with Crippen molar-refractivity contribution < 1.29 is 0 Å². The molecule has 0 heterocycles. The fourth-order valence-electron chi connectivity index (χ4n) is 2.31. The standard InChI is InChI=1S/C17H24N2/c1-2-11-18-12-6-13-19-14-16-9-5-8-15-7-3-4-10-17(15)16/h3-5,7-10,18-19H,2,6,11-14H2,1H3. The fourth-order valence-corrected chi connectivity index (χ4v) is 2.31. The van der Waals surface area contributed by atoms with Crippen molar-refractivity contribution in [2.75, 3.05) is 19.6 Å². The van der Waals surface area contributed by atoms with Gasteiger partial charge in [0.2, 0.25) is 0 Å². The molecule has 102 valence electrons. The molecule has 0 bridgehead atoms. The molecule has 0 aliphatic rings. The van der Waals surface area contributed by atoms with Crippen LogP contribution in [-0.2, 0) is 6.54 Å². The molecule has 0 amide bonds. The van der Waals surface area contributed by atoms with E-state index in [9.17, 15) is 0 Å². The highest BCUT2D eigenvalue weighted by Crippen LogP contribution is 2.17. The Balaban J connectivity index is 1.78. The summed E-state index contributed by atoms with van der Waals surface area (Å²) in [6, 6.07) is 15.1. The first kappa shape index (κ1) is 14.0. The Hall–Kier alpha value is -1.38. The average molecular weight is 256 g/mol. The van der Waals surface area contributed by atoms with Gasteiger partial charge in [-0.15, -0.1) is 0 Å². The molecule has 2 rings (SSSR count). The van der Waals surface area contributed by atoms with E-state index in [0.29, 0.717) is 0 Å². The van der Waals surface area contributed by atoms with E-state index in [4.69, 9.17) is 0 Å². The molecule has 0 unspecified atom stereocenters. The van der Waals surface area contributed by atoms with Crippen LogP contribution >= 0.6 is 0 Å². The summed E-state index contributed by atoms with van der Waals surface area (Å²) in [6.07, 6.45) is 2.40. The van der Waals surface area contributed by atoms with Crippen LogP contribution in [0.2, 0.25) is 0 Å². The van der Waals surface area contributed by atoms with E-state index in [2.05, 4.69) is 60.0 Å². The summed E-state index contributed by atoms with van der Waals surface area (Å²) in [6.45, 7) is 6.46. The molecule has 19 heavy (non-hydrogen) atoms. The third kappa shape index (κ3) is 4.34. The van der Waals surface area contributed by atoms with Crippen LogP contribution in [0.4, 0.5) is 0 Å². The Labute approximate surface area is 116 Å². The molecule has 2 aromatic carbocycles. The molecule has 0 saturated carbocycles. The normalized spacial score (nSPS) is 11.0. The van der Waals surface area contributed by atoms with Crippen molar-refractivity contribution in [1.82, 2.24) is 10.6 Å². The Morgan fingerprint density at radius 1 is 0.842 bits per heavy atom. The van der Waals surface area contributed by atoms with Crippen LogP contribution in [-0.4, -0.2) is 19.6 Å². The van der Waals surface area contributed by atoms with E-state index in [-0.39, 0.29) is 0 Å².